The lowest BCUT2D eigenvalue weighted by Crippen LogP contribution is -2.41. The topological polar surface area (TPSA) is 75.7 Å². The van der Waals surface area contributed by atoms with Gasteiger partial charge in [0.1, 0.15) is 18.9 Å². The Morgan fingerprint density at radius 2 is 1.87 bits per heavy atom. The maximum Gasteiger partial charge on any atom is 0.416 e. The van der Waals surface area contributed by atoms with E-state index in [0.717, 1.165) is 29.5 Å². The van der Waals surface area contributed by atoms with Gasteiger partial charge in [-0.05, 0) is 49.2 Å². The molecule has 0 saturated heterocycles. The summed E-state index contributed by atoms with van der Waals surface area (Å²) >= 11 is 5.93. The monoisotopic (exact) mass is 478 g/mol. The molecule has 11 heteroatoms. The fraction of sp³-hybridized carbons (Fsp3) is 0.350. The lowest BCUT2D eigenvalue weighted by Gasteiger charge is -2.24. The molecule has 2 rings (SSSR count). The van der Waals surface area contributed by atoms with E-state index < -0.39 is 39.9 Å². The van der Waals surface area contributed by atoms with Crippen molar-refractivity contribution in [1.82, 2.24) is 5.32 Å². The molecule has 0 spiro atoms. The van der Waals surface area contributed by atoms with Gasteiger partial charge in [-0.3, -0.25) is 9.10 Å². The molecule has 1 N–H and O–H groups in total. The number of rotatable bonds is 8. The van der Waals surface area contributed by atoms with Gasteiger partial charge in [-0.1, -0.05) is 23.7 Å². The number of nitrogens with one attached hydrogen (secondary N) is 1. The Kier molecular flexibility index (Phi) is 7.82. The first-order valence-corrected chi connectivity index (χ1v) is 11.3. The number of ether oxygens (including phenoxy) is 1. The van der Waals surface area contributed by atoms with Gasteiger partial charge in [0.05, 0.1) is 29.1 Å². The van der Waals surface area contributed by atoms with Crippen LogP contribution in [-0.4, -0.2) is 40.3 Å². The zero-order valence-corrected chi connectivity index (χ0v) is 18.7. The summed E-state index contributed by atoms with van der Waals surface area (Å²) in [7, 11) is -4.09. The Morgan fingerprint density at radius 3 is 2.48 bits per heavy atom. The maximum atomic E-state index is 13.0. The van der Waals surface area contributed by atoms with Crippen molar-refractivity contribution in [2.24, 2.45) is 0 Å². The minimum Gasteiger partial charge on any atom is -0.491 e. The third kappa shape index (κ3) is 6.76. The van der Waals surface area contributed by atoms with Crippen molar-refractivity contribution in [3.05, 3.63) is 58.1 Å². The zero-order chi connectivity index (χ0) is 23.4. The molecular formula is C20H22ClF3N2O4S. The molecule has 2 aromatic carbocycles. The summed E-state index contributed by atoms with van der Waals surface area (Å²) in [6.07, 6.45) is -3.92. The van der Waals surface area contributed by atoms with E-state index in [1.807, 2.05) is 26.0 Å². The molecular weight excluding hydrogens is 457 g/mol. The molecule has 31 heavy (non-hydrogen) atoms. The molecule has 2 aromatic rings. The minimum atomic E-state index is -4.70. The van der Waals surface area contributed by atoms with Gasteiger partial charge in [0.25, 0.3) is 0 Å². The largest absolute Gasteiger partial charge is 0.491 e. The van der Waals surface area contributed by atoms with Crippen LogP contribution in [0.1, 0.15) is 16.7 Å². The van der Waals surface area contributed by atoms with Crippen molar-refractivity contribution in [1.29, 1.82) is 0 Å². The van der Waals surface area contributed by atoms with Gasteiger partial charge in [-0.25, -0.2) is 8.42 Å². The van der Waals surface area contributed by atoms with Crippen molar-refractivity contribution >= 4 is 33.2 Å². The fourth-order valence-corrected chi connectivity index (χ4v) is 3.81. The molecule has 0 atom stereocenters. The number of aryl methyl sites for hydroxylation is 1. The van der Waals surface area contributed by atoms with E-state index in [4.69, 9.17) is 16.3 Å². The molecule has 6 nitrogen and oxygen atoms in total. The molecule has 0 aliphatic carbocycles. The van der Waals surface area contributed by atoms with Gasteiger partial charge < -0.3 is 10.1 Å². The summed E-state index contributed by atoms with van der Waals surface area (Å²) in [6.45, 7) is 3.29. The molecule has 0 saturated carbocycles. The van der Waals surface area contributed by atoms with Crippen LogP contribution in [0.3, 0.4) is 0 Å². The van der Waals surface area contributed by atoms with E-state index >= 15 is 0 Å². The van der Waals surface area contributed by atoms with Crippen molar-refractivity contribution in [2.45, 2.75) is 20.0 Å². The number of anilines is 1. The highest BCUT2D eigenvalue weighted by molar-refractivity contribution is 7.92. The number of sulfonamides is 1. The standard InChI is InChI=1S/C20H22ClF3N2O4S/c1-13-5-4-6-18(14(13)2)30-10-9-25-19(27)12-26(31(3,28)29)17-11-15(20(22,23)24)7-8-16(17)21/h4-8,11H,9-10,12H2,1-3H3,(H,25,27). The van der Waals surface area contributed by atoms with Crippen LogP contribution in [0.15, 0.2) is 36.4 Å². The average Bonchev–Trinajstić information content (AvgIpc) is 2.65. The highest BCUT2D eigenvalue weighted by Crippen LogP contribution is 2.36. The van der Waals surface area contributed by atoms with E-state index in [0.29, 0.717) is 16.1 Å². The number of amides is 1. The van der Waals surface area contributed by atoms with E-state index in [1.165, 1.54) is 0 Å². The number of benzene rings is 2. The highest BCUT2D eigenvalue weighted by atomic mass is 35.5. The van der Waals surface area contributed by atoms with Gasteiger partial charge in [0.15, 0.2) is 0 Å². The number of nitrogens with zero attached hydrogens (tertiary/aromatic N) is 1. The Balaban J connectivity index is 2.07. The van der Waals surface area contributed by atoms with E-state index in [9.17, 15) is 26.4 Å². The summed E-state index contributed by atoms with van der Waals surface area (Å²) < 4.78 is 69.5. The summed E-state index contributed by atoms with van der Waals surface area (Å²) in [4.78, 5) is 12.3. The van der Waals surface area contributed by atoms with Crippen LogP contribution in [0.2, 0.25) is 5.02 Å². The van der Waals surface area contributed by atoms with E-state index in [2.05, 4.69) is 5.32 Å². The molecule has 0 unspecified atom stereocenters. The van der Waals surface area contributed by atoms with Crippen LogP contribution in [0.5, 0.6) is 5.75 Å². The molecule has 0 aliphatic heterocycles. The van der Waals surface area contributed by atoms with Crippen molar-refractivity contribution in [3.63, 3.8) is 0 Å². The van der Waals surface area contributed by atoms with Crippen molar-refractivity contribution in [3.8, 4) is 5.75 Å². The molecule has 170 valence electrons. The Morgan fingerprint density at radius 1 is 1.19 bits per heavy atom. The van der Waals surface area contributed by atoms with Crippen LogP contribution in [-0.2, 0) is 21.0 Å². The van der Waals surface area contributed by atoms with Gasteiger partial charge in [0.2, 0.25) is 15.9 Å². The van der Waals surface area contributed by atoms with Crippen LogP contribution in [0.25, 0.3) is 0 Å². The second-order valence-electron chi connectivity index (χ2n) is 6.83. The minimum absolute atomic E-state index is 0.0696. The molecule has 0 aromatic heterocycles. The first-order valence-electron chi connectivity index (χ1n) is 9.11. The number of carbonyl (C=O) groups is 1. The third-order valence-corrected chi connectivity index (χ3v) is 5.91. The fourth-order valence-electron chi connectivity index (χ4n) is 2.68. The zero-order valence-electron chi connectivity index (χ0n) is 17.1. The molecule has 1 amide bonds. The Hall–Kier alpha value is -2.46. The number of hydrogen-bond acceptors (Lipinski definition) is 4. The summed E-state index contributed by atoms with van der Waals surface area (Å²) in [5, 5.41) is 2.26. The van der Waals surface area contributed by atoms with Crippen LogP contribution >= 0.6 is 11.6 Å². The summed E-state index contributed by atoms with van der Waals surface area (Å²) in [5.41, 5.74) is 0.489. The molecule has 0 fully saturated rings. The molecule has 0 radical (unpaired) electrons. The number of hydrogen-bond donors (Lipinski definition) is 1. The smallest absolute Gasteiger partial charge is 0.416 e. The lowest BCUT2D eigenvalue weighted by atomic mass is 10.1. The van der Waals surface area contributed by atoms with Crippen LogP contribution in [0.4, 0.5) is 18.9 Å². The summed E-state index contributed by atoms with van der Waals surface area (Å²) in [5.74, 6) is -0.0637. The Bertz CT molecular complexity index is 1060. The van der Waals surface area contributed by atoms with E-state index in [-0.39, 0.29) is 18.2 Å². The van der Waals surface area contributed by atoms with Crippen molar-refractivity contribution in [2.75, 3.05) is 30.3 Å². The average molecular weight is 479 g/mol. The van der Waals surface area contributed by atoms with Gasteiger partial charge >= 0.3 is 6.18 Å². The molecule has 0 heterocycles. The Labute approximate surface area is 184 Å². The normalized spacial score (nSPS) is 11.8. The predicted molar refractivity (Wildman–Crippen MR) is 113 cm³/mol. The highest BCUT2D eigenvalue weighted by Gasteiger charge is 2.33. The first-order chi connectivity index (χ1) is 14.3. The maximum absolute atomic E-state index is 13.0. The van der Waals surface area contributed by atoms with Crippen molar-refractivity contribution < 1.29 is 31.1 Å². The second kappa shape index (κ2) is 9.78. The summed E-state index contributed by atoms with van der Waals surface area (Å²) in [6, 6.07) is 7.82. The van der Waals surface area contributed by atoms with Gasteiger partial charge in [-0.15, -0.1) is 0 Å². The van der Waals surface area contributed by atoms with E-state index in [1.54, 1.807) is 6.07 Å². The number of carbonyl (C=O) groups excluding carboxylic acids is 1. The number of halogens is 4. The lowest BCUT2D eigenvalue weighted by molar-refractivity contribution is -0.137. The van der Waals surface area contributed by atoms with Crippen LogP contribution in [0, 0.1) is 13.8 Å². The third-order valence-electron chi connectivity index (χ3n) is 4.47. The first kappa shape index (κ1) is 24.8. The predicted octanol–water partition coefficient (Wildman–Crippen LogP) is 3.94. The molecule has 0 aliphatic rings. The van der Waals surface area contributed by atoms with Gasteiger partial charge in [0, 0.05) is 0 Å². The SMILES string of the molecule is Cc1cccc(OCCNC(=O)CN(c2cc(C(F)(F)F)ccc2Cl)S(C)(=O)=O)c1C. The molecule has 0 bridgehead atoms. The number of alkyl halides is 3. The van der Waals surface area contributed by atoms with Gasteiger partial charge in [-0.2, -0.15) is 13.2 Å². The quantitative estimate of drug-likeness (QED) is 0.583. The van der Waals surface area contributed by atoms with Crippen LogP contribution < -0.4 is 14.4 Å². The second-order valence-corrected chi connectivity index (χ2v) is 9.14.